The maximum Gasteiger partial charge on any atom is 0.225 e. The van der Waals surface area contributed by atoms with Crippen molar-refractivity contribution in [2.75, 3.05) is 64.0 Å². The van der Waals surface area contributed by atoms with Crippen molar-refractivity contribution in [1.29, 1.82) is 0 Å². The predicted molar refractivity (Wildman–Crippen MR) is 128 cm³/mol. The van der Waals surface area contributed by atoms with Gasteiger partial charge in [0.05, 0.1) is 0 Å². The lowest BCUT2D eigenvalue weighted by Crippen LogP contribution is -2.48. The number of nitrogens with zero attached hydrogens (tertiary/aromatic N) is 5. The van der Waals surface area contributed by atoms with Crippen LogP contribution >= 0.6 is 35.7 Å². The third-order valence-corrected chi connectivity index (χ3v) is 5.86. The van der Waals surface area contributed by atoms with Crippen LogP contribution in [-0.4, -0.2) is 84.7 Å². The Labute approximate surface area is 185 Å². The molecule has 0 atom stereocenters. The van der Waals surface area contributed by atoms with Crippen LogP contribution in [0, 0.1) is 0 Å². The first-order chi connectivity index (χ1) is 12.5. The van der Waals surface area contributed by atoms with Gasteiger partial charge >= 0.3 is 0 Å². The normalized spacial score (nSPS) is 16.0. The van der Waals surface area contributed by atoms with Gasteiger partial charge in [-0.2, -0.15) is 11.8 Å². The molecule has 1 saturated heterocycles. The molecule has 7 nitrogen and oxygen atoms in total. The maximum absolute atomic E-state index is 4.34. The molecule has 1 aromatic rings. The zero-order valence-electron chi connectivity index (χ0n) is 16.9. The number of aromatic nitrogens is 2. The lowest BCUT2D eigenvalue weighted by molar-refractivity contribution is 0.254. The van der Waals surface area contributed by atoms with Gasteiger partial charge in [-0.25, -0.2) is 9.97 Å². The van der Waals surface area contributed by atoms with Gasteiger partial charge in [0.15, 0.2) is 5.96 Å². The summed E-state index contributed by atoms with van der Waals surface area (Å²) in [5.41, 5.74) is 0. The van der Waals surface area contributed by atoms with Gasteiger partial charge in [0.2, 0.25) is 5.95 Å². The number of nitrogens with one attached hydrogen (secondary N) is 2. The van der Waals surface area contributed by atoms with Gasteiger partial charge < -0.3 is 15.5 Å². The monoisotopic (exact) mass is 507 g/mol. The number of thioether (sulfide) groups is 1. The molecule has 0 aromatic carbocycles. The van der Waals surface area contributed by atoms with E-state index in [1.807, 2.05) is 37.3 Å². The fraction of sp³-hybridized carbons (Fsp3) is 0.722. The van der Waals surface area contributed by atoms with Crippen LogP contribution < -0.4 is 15.5 Å². The standard InChI is InChI=1S/C18H33N7S.HI/c1-18(2,26-4)15-23-16(19-3)20-9-6-10-24-11-13-25(14-12-24)17-21-7-5-8-22-17;/h5,7-8H,6,9-15H2,1-4H3,(H2,19,20,23);1H. The van der Waals surface area contributed by atoms with Crippen LogP contribution in [0.1, 0.15) is 20.3 Å². The number of rotatable bonds is 8. The fourth-order valence-electron chi connectivity index (χ4n) is 2.72. The third-order valence-electron chi connectivity index (χ3n) is 4.61. The molecule has 9 heteroatoms. The van der Waals surface area contributed by atoms with Crippen LogP contribution in [0.15, 0.2) is 23.5 Å². The molecule has 0 bridgehead atoms. The second kappa shape index (κ2) is 12.6. The fourth-order valence-corrected chi connectivity index (χ4v) is 2.94. The molecule has 2 rings (SSSR count). The lowest BCUT2D eigenvalue weighted by atomic mass is 10.2. The summed E-state index contributed by atoms with van der Waals surface area (Å²) in [5, 5.41) is 6.82. The number of halogens is 1. The number of piperazine rings is 1. The first kappa shape index (κ1) is 24.2. The van der Waals surface area contributed by atoms with E-state index in [2.05, 4.69) is 55.5 Å². The van der Waals surface area contributed by atoms with Crippen molar-refractivity contribution in [3.8, 4) is 0 Å². The smallest absolute Gasteiger partial charge is 0.225 e. The summed E-state index contributed by atoms with van der Waals surface area (Å²) in [6.07, 6.45) is 6.86. The molecule has 27 heavy (non-hydrogen) atoms. The molecular weight excluding hydrogens is 473 g/mol. The summed E-state index contributed by atoms with van der Waals surface area (Å²) < 4.78 is 0.208. The second-order valence-corrected chi connectivity index (χ2v) is 8.56. The summed E-state index contributed by atoms with van der Waals surface area (Å²) in [6.45, 7) is 11.5. The first-order valence-corrected chi connectivity index (χ1v) is 10.5. The van der Waals surface area contributed by atoms with Crippen molar-refractivity contribution in [2.45, 2.75) is 25.0 Å². The van der Waals surface area contributed by atoms with Crippen molar-refractivity contribution in [3.05, 3.63) is 18.5 Å². The second-order valence-electron chi connectivity index (χ2n) is 7.05. The van der Waals surface area contributed by atoms with Crippen molar-refractivity contribution in [1.82, 2.24) is 25.5 Å². The molecule has 2 heterocycles. The molecule has 0 saturated carbocycles. The topological polar surface area (TPSA) is 68.7 Å². The van der Waals surface area contributed by atoms with Gasteiger partial charge in [-0.3, -0.25) is 9.89 Å². The number of anilines is 1. The number of aliphatic imine (C=N–C) groups is 1. The van der Waals surface area contributed by atoms with E-state index in [0.29, 0.717) is 0 Å². The molecule has 0 amide bonds. The highest BCUT2D eigenvalue weighted by atomic mass is 127. The zero-order chi connectivity index (χ0) is 18.8. The van der Waals surface area contributed by atoms with Gasteiger partial charge in [0.25, 0.3) is 0 Å². The Kier molecular flexibility index (Phi) is 11.3. The van der Waals surface area contributed by atoms with Crippen LogP contribution in [-0.2, 0) is 0 Å². The highest BCUT2D eigenvalue weighted by Crippen LogP contribution is 2.19. The quantitative estimate of drug-likeness (QED) is 0.241. The van der Waals surface area contributed by atoms with Crippen LogP contribution in [0.4, 0.5) is 5.95 Å². The van der Waals surface area contributed by atoms with Crippen LogP contribution in [0.2, 0.25) is 0 Å². The summed E-state index contributed by atoms with van der Waals surface area (Å²) in [7, 11) is 1.83. The molecular formula is C18H34IN7S. The van der Waals surface area contributed by atoms with Crippen LogP contribution in [0.5, 0.6) is 0 Å². The Morgan fingerprint density at radius 1 is 1.19 bits per heavy atom. The minimum atomic E-state index is 0. The van der Waals surface area contributed by atoms with E-state index in [1.165, 1.54) is 0 Å². The maximum atomic E-state index is 4.34. The Bertz CT molecular complexity index is 548. The van der Waals surface area contributed by atoms with Gasteiger partial charge in [-0.05, 0) is 39.1 Å². The van der Waals surface area contributed by atoms with E-state index >= 15 is 0 Å². The van der Waals surface area contributed by atoms with E-state index < -0.39 is 0 Å². The Morgan fingerprint density at radius 3 is 2.44 bits per heavy atom. The molecule has 154 valence electrons. The van der Waals surface area contributed by atoms with Gasteiger partial charge in [-0.1, -0.05) is 0 Å². The van der Waals surface area contributed by atoms with Crippen molar-refractivity contribution >= 4 is 47.6 Å². The largest absolute Gasteiger partial charge is 0.356 e. The molecule has 0 radical (unpaired) electrons. The summed E-state index contributed by atoms with van der Waals surface area (Å²) >= 11 is 1.86. The molecule has 1 aliphatic heterocycles. The number of hydrogen-bond acceptors (Lipinski definition) is 6. The predicted octanol–water partition coefficient (Wildman–Crippen LogP) is 1.91. The highest BCUT2D eigenvalue weighted by molar-refractivity contribution is 14.0. The van der Waals surface area contributed by atoms with Crippen molar-refractivity contribution in [3.63, 3.8) is 0 Å². The van der Waals surface area contributed by atoms with E-state index in [9.17, 15) is 0 Å². The van der Waals surface area contributed by atoms with Crippen molar-refractivity contribution < 1.29 is 0 Å². The van der Waals surface area contributed by atoms with E-state index in [1.54, 1.807) is 0 Å². The highest BCUT2D eigenvalue weighted by Gasteiger charge is 2.18. The summed E-state index contributed by atoms with van der Waals surface area (Å²) in [4.78, 5) is 17.7. The molecule has 1 aliphatic rings. The average Bonchev–Trinajstić information content (AvgIpc) is 2.68. The minimum absolute atomic E-state index is 0. The molecule has 0 spiro atoms. The number of guanidine groups is 1. The molecule has 0 aliphatic carbocycles. The van der Waals surface area contributed by atoms with Gasteiger partial charge in [-0.15, -0.1) is 24.0 Å². The summed E-state index contributed by atoms with van der Waals surface area (Å²) in [5.74, 6) is 1.73. The average molecular weight is 507 g/mol. The minimum Gasteiger partial charge on any atom is -0.356 e. The van der Waals surface area contributed by atoms with E-state index in [0.717, 1.165) is 64.1 Å². The van der Waals surface area contributed by atoms with Gasteiger partial charge in [0.1, 0.15) is 0 Å². The molecule has 1 aromatic heterocycles. The van der Waals surface area contributed by atoms with Crippen molar-refractivity contribution in [2.24, 2.45) is 4.99 Å². The van der Waals surface area contributed by atoms with E-state index in [-0.39, 0.29) is 28.7 Å². The first-order valence-electron chi connectivity index (χ1n) is 9.28. The van der Waals surface area contributed by atoms with E-state index in [4.69, 9.17) is 0 Å². The SMILES string of the molecule is CN=C(NCCCN1CCN(c2ncccn2)CC1)NCC(C)(C)SC.I. The lowest BCUT2D eigenvalue weighted by Gasteiger charge is -2.34. The Balaban J connectivity index is 0.00000364. The van der Waals surface area contributed by atoms with Crippen LogP contribution in [0.25, 0.3) is 0 Å². The van der Waals surface area contributed by atoms with Gasteiger partial charge in [0, 0.05) is 63.5 Å². The van der Waals surface area contributed by atoms with Crippen LogP contribution in [0.3, 0.4) is 0 Å². The molecule has 1 fully saturated rings. The third kappa shape index (κ3) is 8.82. The number of hydrogen-bond donors (Lipinski definition) is 2. The summed E-state index contributed by atoms with van der Waals surface area (Å²) in [6, 6.07) is 1.86. The molecule has 0 unspecified atom stereocenters. The molecule has 2 N–H and O–H groups in total. The zero-order valence-corrected chi connectivity index (χ0v) is 20.1. The Morgan fingerprint density at radius 2 is 1.85 bits per heavy atom. The Hall–Kier alpha value is -0.810.